The van der Waals surface area contributed by atoms with Crippen LogP contribution in [0.2, 0.25) is 0 Å². The van der Waals surface area contributed by atoms with Gasteiger partial charge in [-0.3, -0.25) is 4.72 Å². The predicted octanol–water partition coefficient (Wildman–Crippen LogP) is 4.48. The van der Waals surface area contributed by atoms with Gasteiger partial charge in [0, 0.05) is 0 Å². The molecule has 0 fully saturated rings. The standard InChI is InChI=1S/C21H21NO4S/c1-15-4-5-17(16-6-8-18(25-2)9-7-16)14-21(15)22-27(23,24)20-12-10-19(26-3)11-13-20/h4-14,22H,1-3H3. The van der Waals surface area contributed by atoms with Gasteiger partial charge >= 0.3 is 0 Å². The average Bonchev–Trinajstić information content (AvgIpc) is 2.69. The van der Waals surface area contributed by atoms with E-state index in [1.54, 1.807) is 19.2 Å². The van der Waals surface area contributed by atoms with Crippen molar-refractivity contribution >= 4 is 15.7 Å². The van der Waals surface area contributed by atoms with Crippen molar-refractivity contribution < 1.29 is 17.9 Å². The van der Waals surface area contributed by atoms with Crippen LogP contribution in [0.1, 0.15) is 5.56 Å². The summed E-state index contributed by atoms with van der Waals surface area (Å²) in [6.07, 6.45) is 0. The molecule has 0 bridgehead atoms. The lowest BCUT2D eigenvalue weighted by Gasteiger charge is -2.13. The van der Waals surface area contributed by atoms with Gasteiger partial charge in [0.15, 0.2) is 0 Å². The summed E-state index contributed by atoms with van der Waals surface area (Å²) in [6.45, 7) is 1.86. The lowest BCUT2D eigenvalue weighted by atomic mass is 10.0. The van der Waals surface area contributed by atoms with Gasteiger partial charge in [-0.1, -0.05) is 24.3 Å². The van der Waals surface area contributed by atoms with E-state index in [0.717, 1.165) is 22.4 Å². The number of ether oxygens (including phenoxy) is 2. The molecule has 0 aromatic heterocycles. The molecule has 140 valence electrons. The first-order valence-corrected chi connectivity index (χ1v) is 9.83. The first-order valence-electron chi connectivity index (χ1n) is 8.35. The van der Waals surface area contributed by atoms with Crippen molar-refractivity contribution in [1.82, 2.24) is 0 Å². The summed E-state index contributed by atoms with van der Waals surface area (Å²) in [7, 11) is -0.541. The fourth-order valence-electron chi connectivity index (χ4n) is 2.65. The van der Waals surface area contributed by atoms with E-state index in [1.165, 1.54) is 19.2 Å². The molecule has 0 saturated heterocycles. The van der Waals surface area contributed by atoms with Gasteiger partial charge in [0.05, 0.1) is 24.8 Å². The zero-order valence-electron chi connectivity index (χ0n) is 15.4. The fraction of sp³-hybridized carbons (Fsp3) is 0.143. The van der Waals surface area contributed by atoms with Crippen molar-refractivity contribution in [2.75, 3.05) is 18.9 Å². The Morgan fingerprint density at radius 1 is 0.741 bits per heavy atom. The summed E-state index contributed by atoms with van der Waals surface area (Å²) in [5, 5.41) is 0. The SMILES string of the molecule is COc1ccc(-c2ccc(C)c(NS(=O)(=O)c3ccc(OC)cc3)c2)cc1. The molecule has 6 heteroatoms. The molecule has 0 heterocycles. The average molecular weight is 383 g/mol. The minimum Gasteiger partial charge on any atom is -0.497 e. The van der Waals surface area contributed by atoms with Crippen LogP contribution in [0.5, 0.6) is 11.5 Å². The lowest BCUT2D eigenvalue weighted by molar-refractivity contribution is 0.414. The number of rotatable bonds is 6. The summed E-state index contributed by atoms with van der Waals surface area (Å²) < 4.78 is 38.4. The summed E-state index contributed by atoms with van der Waals surface area (Å²) in [5.74, 6) is 1.37. The topological polar surface area (TPSA) is 64.6 Å². The predicted molar refractivity (Wildman–Crippen MR) is 107 cm³/mol. The summed E-state index contributed by atoms with van der Waals surface area (Å²) >= 11 is 0. The third-order valence-corrected chi connectivity index (χ3v) is 5.66. The van der Waals surface area contributed by atoms with E-state index in [2.05, 4.69) is 4.72 Å². The minimum atomic E-state index is -3.70. The maximum atomic E-state index is 12.7. The highest BCUT2D eigenvalue weighted by Gasteiger charge is 2.16. The second-order valence-electron chi connectivity index (χ2n) is 6.04. The Kier molecular flexibility index (Phi) is 5.37. The van der Waals surface area contributed by atoms with Crippen molar-refractivity contribution in [3.05, 3.63) is 72.3 Å². The van der Waals surface area contributed by atoms with Crippen LogP contribution in [0.25, 0.3) is 11.1 Å². The lowest BCUT2D eigenvalue weighted by Crippen LogP contribution is -2.13. The molecular formula is C21H21NO4S. The number of sulfonamides is 1. The van der Waals surface area contributed by atoms with Gasteiger partial charge in [-0.05, 0) is 66.1 Å². The van der Waals surface area contributed by atoms with Crippen molar-refractivity contribution in [1.29, 1.82) is 0 Å². The van der Waals surface area contributed by atoms with Gasteiger partial charge in [-0.15, -0.1) is 0 Å². The Labute approximate surface area is 159 Å². The Bertz CT molecular complexity index is 1030. The minimum absolute atomic E-state index is 0.178. The highest BCUT2D eigenvalue weighted by atomic mass is 32.2. The van der Waals surface area contributed by atoms with Crippen LogP contribution >= 0.6 is 0 Å². The van der Waals surface area contributed by atoms with Crippen molar-refractivity contribution in [2.45, 2.75) is 11.8 Å². The van der Waals surface area contributed by atoms with Crippen LogP contribution in [0.15, 0.2) is 71.6 Å². The zero-order chi connectivity index (χ0) is 19.4. The molecular weight excluding hydrogens is 362 g/mol. The number of anilines is 1. The molecule has 0 atom stereocenters. The van der Waals surface area contributed by atoms with Gasteiger partial charge in [-0.2, -0.15) is 0 Å². The van der Waals surface area contributed by atoms with Gasteiger partial charge in [0.1, 0.15) is 11.5 Å². The normalized spacial score (nSPS) is 11.1. The number of hydrogen-bond donors (Lipinski definition) is 1. The van der Waals surface area contributed by atoms with E-state index in [0.29, 0.717) is 11.4 Å². The first-order chi connectivity index (χ1) is 12.9. The van der Waals surface area contributed by atoms with E-state index < -0.39 is 10.0 Å². The molecule has 3 aromatic rings. The Hall–Kier alpha value is -2.99. The van der Waals surface area contributed by atoms with Crippen LogP contribution in [-0.4, -0.2) is 22.6 Å². The maximum absolute atomic E-state index is 12.7. The molecule has 0 spiro atoms. The second kappa shape index (κ2) is 7.72. The Morgan fingerprint density at radius 2 is 1.26 bits per heavy atom. The molecule has 0 radical (unpaired) electrons. The third-order valence-electron chi connectivity index (χ3n) is 4.27. The summed E-state index contributed by atoms with van der Waals surface area (Å²) in [4.78, 5) is 0.178. The quantitative estimate of drug-likeness (QED) is 0.682. The van der Waals surface area contributed by atoms with Crippen molar-refractivity contribution in [2.24, 2.45) is 0 Å². The van der Waals surface area contributed by atoms with E-state index in [9.17, 15) is 8.42 Å². The van der Waals surface area contributed by atoms with Crippen molar-refractivity contribution in [3.63, 3.8) is 0 Å². The molecule has 0 aliphatic rings. The number of benzene rings is 3. The summed E-state index contributed by atoms with van der Waals surface area (Å²) in [5.41, 5.74) is 3.26. The highest BCUT2D eigenvalue weighted by Crippen LogP contribution is 2.28. The summed E-state index contributed by atoms with van der Waals surface area (Å²) in [6, 6.07) is 19.6. The van der Waals surface area contributed by atoms with Crippen LogP contribution in [0.4, 0.5) is 5.69 Å². The Balaban J connectivity index is 1.91. The van der Waals surface area contributed by atoms with Gasteiger partial charge < -0.3 is 9.47 Å². The van der Waals surface area contributed by atoms with E-state index in [4.69, 9.17) is 9.47 Å². The van der Waals surface area contributed by atoms with E-state index in [1.807, 2.05) is 49.4 Å². The van der Waals surface area contributed by atoms with Crippen LogP contribution in [-0.2, 0) is 10.0 Å². The van der Waals surface area contributed by atoms with Crippen molar-refractivity contribution in [3.8, 4) is 22.6 Å². The molecule has 0 amide bonds. The number of methoxy groups -OCH3 is 2. The third kappa shape index (κ3) is 4.23. The van der Waals surface area contributed by atoms with E-state index in [-0.39, 0.29) is 4.90 Å². The Morgan fingerprint density at radius 3 is 1.81 bits per heavy atom. The van der Waals surface area contributed by atoms with Gasteiger partial charge in [0.2, 0.25) is 0 Å². The number of aryl methyl sites for hydroxylation is 1. The molecule has 3 aromatic carbocycles. The van der Waals surface area contributed by atoms with Gasteiger partial charge in [-0.25, -0.2) is 8.42 Å². The molecule has 1 N–H and O–H groups in total. The van der Waals surface area contributed by atoms with Crippen LogP contribution in [0.3, 0.4) is 0 Å². The maximum Gasteiger partial charge on any atom is 0.261 e. The second-order valence-corrected chi connectivity index (χ2v) is 7.72. The first kappa shape index (κ1) is 18.8. The monoisotopic (exact) mass is 383 g/mol. The van der Waals surface area contributed by atoms with Crippen LogP contribution in [0, 0.1) is 6.92 Å². The number of hydrogen-bond acceptors (Lipinski definition) is 4. The molecule has 5 nitrogen and oxygen atoms in total. The number of nitrogens with one attached hydrogen (secondary N) is 1. The fourth-order valence-corrected chi connectivity index (χ4v) is 3.78. The molecule has 27 heavy (non-hydrogen) atoms. The zero-order valence-corrected chi connectivity index (χ0v) is 16.2. The van der Waals surface area contributed by atoms with Gasteiger partial charge in [0.25, 0.3) is 10.0 Å². The molecule has 0 unspecified atom stereocenters. The highest BCUT2D eigenvalue weighted by molar-refractivity contribution is 7.92. The molecule has 0 aliphatic heterocycles. The molecule has 0 saturated carbocycles. The van der Waals surface area contributed by atoms with E-state index >= 15 is 0 Å². The van der Waals surface area contributed by atoms with Crippen LogP contribution < -0.4 is 14.2 Å². The smallest absolute Gasteiger partial charge is 0.261 e. The largest absolute Gasteiger partial charge is 0.497 e. The molecule has 3 rings (SSSR count). The molecule has 0 aliphatic carbocycles.